The van der Waals surface area contributed by atoms with Gasteiger partial charge in [0, 0.05) is 44.1 Å². The molecule has 2 saturated carbocycles. The average molecular weight is 520 g/mol. The molecule has 2 saturated heterocycles. The molecule has 2 heterocycles. The van der Waals surface area contributed by atoms with Gasteiger partial charge in [-0.05, 0) is 46.5 Å². The highest BCUT2D eigenvalue weighted by molar-refractivity contribution is 14.0. The monoisotopic (exact) mass is 520 g/mol. The Morgan fingerprint density at radius 1 is 1.21 bits per heavy atom. The summed E-state index contributed by atoms with van der Waals surface area (Å²) in [6.45, 7) is 8.22. The summed E-state index contributed by atoms with van der Waals surface area (Å²) in [5, 5.41) is 6.82. The van der Waals surface area contributed by atoms with Crippen LogP contribution in [0.15, 0.2) is 4.99 Å². The first kappa shape index (κ1) is 22.9. The summed E-state index contributed by atoms with van der Waals surface area (Å²) in [5.74, 6) is 1.59. The van der Waals surface area contributed by atoms with Crippen LogP contribution >= 0.6 is 24.0 Å². The molecule has 4 fully saturated rings. The van der Waals surface area contributed by atoms with E-state index in [9.17, 15) is 4.79 Å². The minimum Gasteiger partial charge on any atom is -0.444 e. The number of rotatable bonds is 2. The van der Waals surface area contributed by atoms with Crippen LogP contribution in [0, 0.1) is 11.3 Å². The van der Waals surface area contributed by atoms with Crippen molar-refractivity contribution >= 4 is 36.0 Å². The van der Waals surface area contributed by atoms with Crippen molar-refractivity contribution in [1.29, 1.82) is 0 Å². The van der Waals surface area contributed by atoms with Gasteiger partial charge >= 0.3 is 6.09 Å². The third-order valence-electron chi connectivity index (χ3n) is 6.99. The Morgan fingerprint density at radius 2 is 1.93 bits per heavy atom. The molecule has 8 heteroatoms. The van der Waals surface area contributed by atoms with E-state index in [0.717, 1.165) is 38.5 Å². The molecule has 2 aliphatic heterocycles. The zero-order valence-electron chi connectivity index (χ0n) is 18.2. The standard InChI is InChI=1S/C21H36N4O3.HI/c1-20(2,3)28-19(26)23-14-7-11-25(13-14)18(22-4)24-16-15-8-12-27-17(15)21(16)9-5-6-10-21;/h14-17H,5-13H2,1-4H3,(H,22,24)(H,23,26);1H. The number of hydrogen-bond acceptors (Lipinski definition) is 4. The number of ether oxygens (including phenoxy) is 2. The lowest BCUT2D eigenvalue weighted by Gasteiger charge is -2.57. The number of likely N-dealkylation sites (tertiary alicyclic amines) is 1. The van der Waals surface area contributed by atoms with E-state index in [2.05, 4.69) is 20.5 Å². The maximum absolute atomic E-state index is 12.1. The van der Waals surface area contributed by atoms with Gasteiger partial charge in [0.15, 0.2) is 5.96 Å². The van der Waals surface area contributed by atoms with Crippen LogP contribution in [0.2, 0.25) is 0 Å². The van der Waals surface area contributed by atoms with Crippen molar-refractivity contribution in [3.8, 4) is 0 Å². The molecule has 166 valence electrons. The predicted octanol–water partition coefficient (Wildman–Crippen LogP) is 3.13. The van der Waals surface area contributed by atoms with Gasteiger partial charge in [-0.25, -0.2) is 4.79 Å². The molecule has 0 aromatic carbocycles. The van der Waals surface area contributed by atoms with Crippen molar-refractivity contribution in [1.82, 2.24) is 15.5 Å². The summed E-state index contributed by atoms with van der Waals surface area (Å²) in [7, 11) is 1.86. The number of amides is 1. The zero-order valence-corrected chi connectivity index (χ0v) is 20.5. The van der Waals surface area contributed by atoms with Crippen LogP contribution < -0.4 is 10.6 Å². The van der Waals surface area contributed by atoms with E-state index in [-0.39, 0.29) is 36.1 Å². The zero-order chi connectivity index (χ0) is 19.9. The van der Waals surface area contributed by atoms with E-state index in [0.29, 0.717) is 23.5 Å². The van der Waals surface area contributed by atoms with Crippen LogP contribution in [-0.4, -0.2) is 67.5 Å². The first-order chi connectivity index (χ1) is 13.3. The number of halogens is 1. The smallest absolute Gasteiger partial charge is 0.407 e. The average Bonchev–Trinajstić information content (AvgIpc) is 3.33. The normalized spacial score (nSPS) is 33.1. The molecule has 4 atom stereocenters. The SMILES string of the molecule is CN=C(NC1C2CCOC2C12CCCC2)N1CCC(NC(=O)OC(C)(C)C)C1.I. The van der Waals surface area contributed by atoms with Gasteiger partial charge < -0.3 is 25.0 Å². The molecule has 7 nitrogen and oxygen atoms in total. The molecule has 4 unspecified atom stereocenters. The summed E-state index contributed by atoms with van der Waals surface area (Å²) in [6.07, 6.45) is 7.35. The van der Waals surface area contributed by atoms with E-state index in [4.69, 9.17) is 9.47 Å². The Labute approximate surface area is 191 Å². The third-order valence-corrected chi connectivity index (χ3v) is 6.99. The molecule has 0 aromatic rings. The van der Waals surface area contributed by atoms with Gasteiger partial charge in [-0.3, -0.25) is 4.99 Å². The van der Waals surface area contributed by atoms with Crippen LogP contribution in [0.4, 0.5) is 4.79 Å². The van der Waals surface area contributed by atoms with Crippen molar-refractivity contribution in [2.45, 2.75) is 83.1 Å². The molecule has 0 bridgehead atoms. The van der Waals surface area contributed by atoms with Crippen molar-refractivity contribution in [3.05, 3.63) is 0 Å². The number of hydrogen-bond donors (Lipinski definition) is 2. The Bertz CT molecular complexity index is 630. The predicted molar refractivity (Wildman–Crippen MR) is 124 cm³/mol. The highest BCUT2D eigenvalue weighted by atomic mass is 127. The lowest BCUT2D eigenvalue weighted by molar-refractivity contribution is -0.125. The molecular formula is C21H37IN4O3. The maximum atomic E-state index is 12.1. The molecule has 0 radical (unpaired) electrons. The van der Waals surface area contributed by atoms with E-state index >= 15 is 0 Å². The number of carbonyl (C=O) groups excluding carboxylic acids is 1. The van der Waals surface area contributed by atoms with Crippen LogP contribution in [0.5, 0.6) is 0 Å². The highest BCUT2D eigenvalue weighted by Gasteiger charge is 2.65. The second kappa shape index (κ2) is 8.77. The molecule has 1 spiro atoms. The van der Waals surface area contributed by atoms with E-state index < -0.39 is 5.60 Å². The summed E-state index contributed by atoms with van der Waals surface area (Å²) < 4.78 is 11.5. The largest absolute Gasteiger partial charge is 0.444 e. The topological polar surface area (TPSA) is 75.2 Å². The molecule has 2 aliphatic carbocycles. The fourth-order valence-corrected chi connectivity index (χ4v) is 5.89. The molecule has 4 rings (SSSR count). The number of fused-ring (bicyclic) bond motifs is 2. The lowest BCUT2D eigenvalue weighted by Crippen LogP contribution is -2.69. The summed E-state index contributed by atoms with van der Waals surface area (Å²) in [6, 6.07) is 0.567. The molecule has 0 aromatic heterocycles. The number of nitrogens with zero attached hydrogens (tertiary/aromatic N) is 2. The van der Waals surface area contributed by atoms with Crippen molar-refractivity contribution in [2.75, 3.05) is 26.7 Å². The molecular weight excluding hydrogens is 483 g/mol. The molecule has 2 N–H and O–H groups in total. The molecule has 4 aliphatic rings. The van der Waals surface area contributed by atoms with E-state index in [1.54, 1.807) is 0 Å². The minimum atomic E-state index is -0.473. The number of nitrogens with one attached hydrogen (secondary N) is 2. The van der Waals surface area contributed by atoms with Crippen molar-refractivity contribution < 1.29 is 14.3 Å². The van der Waals surface area contributed by atoms with Gasteiger partial charge in [0.2, 0.25) is 0 Å². The number of carbonyl (C=O) groups is 1. The van der Waals surface area contributed by atoms with E-state index in [1.807, 2.05) is 27.8 Å². The second-order valence-corrected chi connectivity index (χ2v) is 9.93. The van der Waals surface area contributed by atoms with Gasteiger partial charge in [0.05, 0.1) is 12.1 Å². The van der Waals surface area contributed by atoms with Gasteiger partial charge in [-0.1, -0.05) is 12.8 Å². The first-order valence-electron chi connectivity index (χ1n) is 10.9. The summed E-state index contributed by atoms with van der Waals surface area (Å²) in [5.41, 5.74) is -0.162. The Kier molecular flexibility index (Phi) is 6.92. The lowest BCUT2D eigenvalue weighted by atomic mass is 9.54. The number of alkyl carbamates (subject to hydrolysis) is 1. The Morgan fingerprint density at radius 3 is 2.59 bits per heavy atom. The summed E-state index contributed by atoms with van der Waals surface area (Å²) in [4.78, 5) is 18.9. The highest BCUT2D eigenvalue weighted by Crippen LogP contribution is 2.60. The molecule has 29 heavy (non-hydrogen) atoms. The van der Waals surface area contributed by atoms with Crippen molar-refractivity contribution in [3.63, 3.8) is 0 Å². The van der Waals surface area contributed by atoms with Crippen molar-refractivity contribution in [2.24, 2.45) is 16.3 Å². The first-order valence-corrected chi connectivity index (χ1v) is 10.9. The fourth-order valence-electron chi connectivity index (χ4n) is 5.89. The van der Waals surface area contributed by atoms with Crippen LogP contribution in [0.1, 0.15) is 59.3 Å². The van der Waals surface area contributed by atoms with E-state index in [1.165, 1.54) is 25.7 Å². The van der Waals surface area contributed by atoms with Crippen LogP contribution in [0.25, 0.3) is 0 Å². The van der Waals surface area contributed by atoms with Gasteiger partial charge in [-0.15, -0.1) is 24.0 Å². The number of guanidine groups is 1. The fraction of sp³-hybridized carbons (Fsp3) is 0.905. The second-order valence-electron chi connectivity index (χ2n) is 9.93. The van der Waals surface area contributed by atoms with Gasteiger partial charge in [0.25, 0.3) is 0 Å². The maximum Gasteiger partial charge on any atom is 0.407 e. The molecule has 1 amide bonds. The van der Waals surface area contributed by atoms with Gasteiger partial charge in [-0.2, -0.15) is 0 Å². The number of aliphatic imine (C=N–C) groups is 1. The quantitative estimate of drug-likeness (QED) is 0.333. The van der Waals surface area contributed by atoms with Gasteiger partial charge in [0.1, 0.15) is 5.60 Å². The Hall–Kier alpha value is -0.770. The Balaban J connectivity index is 0.00000240. The van der Waals surface area contributed by atoms with Crippen LogP contribution in [0.3, 0.4) is 0 Å². The van der Waals surface area contributed by atoms with Crippen LogP contribution in [-0.2, 0) is 9.47 Å². The summed E-state index contributed by atoms with van der Waals surface area (Å²) >= 11 is 0. The minimum absolute atomic E-state index is 0. The third kappa shape index (κ3) is 4.48.